The number of primary amides is 1. The van der Waals surface area contributed by atoms with Crippen LogP contribution in [-0.4, -0.2) is 49.8 Å². The van der Waals surface area contributed by atoms with Gasteiger partial charge in [-0.3, -0.25) is 4.79 Å². The smallest absolute Gasteiger partial charge is 0.232 e. The lowest BCUT2D eigenvalue weighted by Crippen LogP contribution is -2.47. The van der Waals surface area contributed by atoms with Crippen LogP contribution in [0, 0.1) is 0 Å². The van der Waals surface area contributed by atoms with E-state index in [0.29, 0.717) is 39.1 Å². The fraction of sp³-hybridized carbons (Fsp3) is 0.480. The molecule has 3 rings (SSSR count). The first-order valence-corrected chi connectivity index (χ1v) is 15.0. The maximum absolute atomic E-state index is 13.6. The monoisotopic (exact) mass is 507 g/mol. The average Bonchev–Trinajstić information content (AvgIpc) is 2.84. The maximum Gasteiger partial charge on any atom is 0.232 e. The van der Waals surface area contributed by atoms with Crippen molar-refractivity contribution in [3.05, 3.63) is 54.1 Å². The minimum atomic E-state index is -2.97. The zero-order valence-corrected chi connectivity index (χ0v) is 21.5. The Labute approximate surface area is 205 Å². The van der Waals surface area contributed by atoms with E-state index in [1.807, 2.05) is 48.5 Å². The molecule has 1 aliphatic heterocycles. The molecule has 1 amide bonds. The number of aliphatic hydroxyl groups excluding tert-OH is 1. The average molecular weight is 508 g/mol. The zero-order chi connectivity index (χ0) is 24.6. The number of hydrogen-bond acceptors (Lipinski definition) is 7. The largest absolute Gasteiger partial charge is 0.497 e. The van der Waals surface area contributed by atoms with E-state index in [1.54, 1.807) is 13.8 Å². The molecule has 3 N–H and O–H groups in total. The van der Waals surface area contributed by atoms with Gasteiger partial charge in [-0.2, -0.15) is 0 Å². The number of benzene rings is 2. The van der Waals surface area contributed by atoms with Gasteiger partial charge in [-0.15, -0.1) is 0 Å². The summed E-state index contributed by atoms with van der Waals surface area (Å²) in [6, 6.07) is 14.8. The van der Waals surface area contributed by atoms with E-state index in [0.717, 1.165) is 34.8 Å². The van der Waals surface area contributed by atoms with Gasteiger partial charge < -0.3 is 29.6 Å². The van der Waals surface area contributed by atoms with Crippen LogP contribution >= 0.6 is 17.7 Å². The topological polar surface area (TPSA) is 108 Å². The first-order valence-electron chi connectivity index (χ1n) is 11.5. The Balaban J connectivity index is 1.44. The molecule has 0 aromatic heterocycles. The van der Waals surface area contributed by atoms with Gasteiger partial charge in [0, 0.05) is 18.1 Å². The van der Waals surface area contributed by atoms with Crippen LogP contribution < -0.4 is 15.2 Å². The molecule has 2 aromatic carbocycles. The summed E-state index contributed by atoms with van der Waals surface area (Å²) >= 11 is 1.23. The van der Waals surface area contributed by atoms with Crippen molar-refractivity contribution < 1.29 is 28.7 Å². The van der Waals surface area contributed by atoms with Crippen LogP contribution in [0.5, 0.6) is 11.5 Å². The zero-order valence-electron chi connectivity index (χ0n) is 19.8. The van der Waals surface area contributed by atoms with Gasteiger partial charge >= 0.3 is 0 Å². The number of amides is 1. The predicted molar refractivity (Wildman–Crippen MR) is 135 cm³/mol. The van der Waals surface area contributed by atoms with Crippen LogP contribution in [0.4, 0.5) is 0 Å². The Morgan fingerprint density at radius 3 is 2.32 bits per heavy atom. The van der Waals surface area contributed by atoms with E-state index >= 15 is 0 Å². The van der Waals surface area contributed by atoms with Gasteiger partial charge in [-0.25, -0.2) is 0 Å². The Bertz CT molecular complexity index is 976. The molecule has 1 saturated heterocycles. The molecule has 1 fully saturated rings. The van der Waals surface area contributed by atoms with E-state index in [-0.39, 0.29) is 0 Å². The molecule has 0 radical (unpaired) electrons. The molecule has 0 spiro atoms. The fourth-order valence-corrected chi connectivity index (χ4v) is 9.21. The molecule has 7 nitrogen and oxygen atoms in total. The molecule has 0 saturated carbocycles. The number of hydrogen-bond donors (Lipinski definition) is 2. The summed E-state index contributed by atoms with van der Waals surface area (Å²) in [5, 5.41) is 9.30. The van der Waals surface area contributed by atoms with Crippen molar-refractivity contribution in [2.75, 3.05) is 33.6 Å². The molecule has 186 valence electrons. The molecular weight excluding hydrogens is 473 g/mol. The summed E-state index contributed by atoms with van der Waals surface area (Å²) in [6.07, 6.45) is -0.401. The fourth-order valence-electron chi connectivity index (χ4n) is 4.07. The second-order valence-corrected chi connectivity index (χ2v) is 14.4. The van der Waals surface area contributed by atoms with Crippen molar-refractivity contribution in [3.63, 3.8) is 0 Å². The van der Waals surface area contributed by atoms with Gasteiger partial charge in [0.15, 0.2) is 6.34 Å². The lowest BCUT2D eigenvalue weighted by molar-refractivity contribution is -0.122. The van der Waals surface area contributed by atoms with Gasteiger partial charge in [0.2, 0.25) is 5.91 Å². The number of carbonyl (C=O) groups is 1. The number of carbonyl (C=O) groups excluding carboxylic acids is 1. The van der Waals surface area contributed by atoms with Crippen LogP contribution in [0.15, 0.2) is 53.4 Å². The molecule has 0 bridgehead atoms. The van der Waals surface area contributed by atoms with Crippen LogP contribution in [0.1, 0.15) is 43.8 Å². The van der Waals surface area contributed by atoms with E-state index in [2.05, 4.69) is 0 Å². The Morgan fingerprint density at radius 2 is 1.74 bits per heavy atom. The first-order chi connectivity index (χ1) is 16.3. The lowest BCUT2D eigenvalue weighted by atomic mass is 9.98. The number of nitrogens with two attached hydrogens (primary N) is 1. The predicted octanol–water partition coefficient (Wildman–Crippen LogP) is 5.01. The van der Waals surface area contributed by atoms with Crippen LogP contribution in [-0.2, 0) is 14.1 Å². The molecule has 2 atom stereocenters. The van der Waals surface area contributed by atoms with Gasteiger partial charge in [0.25, 0.3) is 0 Å². The highest BCUT2D eigenvalue weighted by Crippen LogP contribution is 2.70. The van der Waals surface area contributed by atoms with E-state index < -0.39 is 23.5 Å². The van der Waals surface area contributed by atoms with Crippen molar-refractivity contribution in [1.29, 1.82) is 0 Å². The summed E-state index contributed by atoms with van der Waals surface area (Å²) in [7, 11) is 1.62. The third-order valence-electron chi connectivity index (χ3n) is 6.30. The molecule has 1 aliphatic rings. The molecule has 0 aliphatic carbocycles. The molecule has 2 unspecified atom stereocenters. The summed E-state index contributed by atoms with van der Waals surface area (Å²) in [5.41, 5.74) is 6.56. The Kier molecular flexibility index (Phi) is 9.48. The molecule has 9 heteroatoms. The highest BCUT2D eigenvalue weighted by atomic mass is 32.7. The second kappa shape index (κ2) is 12.1. The van der Waals surface area contributed by atoms with E-state index in [9.17, 15) is 14.5 Å². The van der Waals surface area contributed by atoms with E-state index in [1.165, 1.54) is 11.4 Å². The third-order valence-corrected chi connectivity index (χ3v) is 12.1. The van der Waals surface area contributed by atoms with Crippen LogP contribution in [0.2, 0.25) is 0 Å². The molecular formula is C25H34NO6PS. The second-order valence-electron chi connectivity index (χ2n) is 8.55. The molecule has 1 heterocycles. The third kappa shape index (κ3) is 6.57. The normalized spacial score (nSPS) is 18.0. The Hall–Kier alpha value is -1.99. The van der Waals surface area contributed by atoms with Gasteiger partial charge in [0.1, 0.15) is 16.7 Å². The lowest BCUT2D eigenvalue weighted by Gasteiger charge is -2.38. The van der Waals surface area contributed by atoms with Gasteiger partial charge in [0.05, 0.1) is 19.8 Å². The standard InChI is InChI=1S/C25H34NO6PS/c1-30-20-8-6-19(7-9-20)23(27)5-3-4-16-32-21-10-12-22(13-11-21)34-33(2,29)25(24(26)28)14-17-31-18-15-25/h6-13,23,27H,3-5,14-18H2,1-2H3,(H2,26,28). The first kappa shape index (κ1) is 26.6. The summed E-state index contributed by atoms with van der Waals surface area (Å²) < 4.78 is 29.9. The summed E-state index contributed by atoms with van der Waals surface area (Å²) in [4.78, 5) is 13.0. The summed E-state index contributed by atoms with van der Waals surface area (Å²) in [6.45, 7) is 2.98. The maximum atomic E-state index is 13.6. The number of rotatable bonds is 12. The van der Waals surface area contributed by atoms with Crippen molar-refractivity contribution in [3.8, 4) is 11.5 Å². The van der Waals surface area contributed by atoms with Gasteiger partial charge in [-0.05, 0) is 80.7 Å². The van der Waals surface area contributed by atoms with Crippen molar-refractivity contribution in [2.24, 2.45) is 5.73 Å². The highest BCUT2D eigenvalue weighted by Gasteiger charge is 2.51. The molecule has 34 heavy (non-hydrogen) atoms. The van der Waals surface area contributed by atoms with Crippen LogP contribution in [0.25, 0.3) is 0 Å². The SMILES string of the molecule is COc1ccc(C(O)CCCCOc2ccc(SP(C)(=O)C3(C(N)=O)CCOCC3)cc2)cc1. The van der Waals surface area contributed by atoms with Crippen molar-refractivity contribution in [2.45, 2.75) is 48.3 Å². The van der Waals surface area contributed by atoms with Crippen LogP contribution in [0.3, 0.4) is 0 Å². The molecule has 2 aromatic rings. The minimum absolute atomic E-state index is 0.386. The number of ether oxygens (including phenoxy) is 3. The van der Waals surface area contributed by atoms with Crippen molar-refractivity contribution >= 4 is 23.6 Å². The summed E-state index contributed by atoms with van der Waals surface area (Å²) in [5.74, 6) is 0.986. The number of unbranched alkanes of at least 4 members (excludes halogenated alkanes) is 1. The number of methoxy groups -OCH3 is 1. The number of aliphatic hydroxyl groups is 1. The van der Waals surface area contributed by atoms with Crippen molar-refractivity contribution in [1.82, 2.24) is 0 Å². The van der Waals surface area contributed by atoms with Gasteiger partial charge in [-0.1, -0.05) is 23.5 Å². The highest BCUT2D eigenvalue weighted by molar-refractivity contribution is 8.58. The van der Waals surface area contributed by atoms with E-state index in [4.69, 9.17) is 19.9 Å². The Morgan fingerprint density at radius 1 is 1.12 bits per heavy atom. The minimum Gasteiger partial charge on any atom is -0.497 e. The quantitative estimate of drug-likeness (QED) is 0.307.